The lowest BCUT2D eigenvalue weighted by Gasteiger charge is -2.06. The summed E-state index contributed by atoms with van der Waals surface area (Å²) < 4.78 is 14.2. The van der Waals surface area contributed by atoms with Crippen molar-refractivity contribution in [1.82, 2.24) is 50.2 Å². The topological polar surface area (TPSA) is 232 Å². The smallest absolute Gasteiger partial charge is 0.346 e. The highest BCUT2D eigenvalue weighted by atomic mass is 16.4. The summed E-state index contributed by atoms with van der Waals surface area (Å²) in [7, 11) is 0. The highest BCUT2D eigenvalue weighted by molar-refractivity contribution is 5.99. The summed E-state index contributed by atoms with van der Waals surface area (Å²) in [6.07, 6.45) is 7.53. The molecule has 0 saturated heterocycles. The van der Waals surface area contributed by atoms with E-state index in [-0.39, 0.29) is 0 Å². The molecular weight excluding hydrogens is 733 g/mol. The zero-order valence-corrected chi connectivity index (χ0v) is 29.9. The normalized spacial score (nSPS) is 11.5. The maximum absolute atomic E-state index is 12.6. The Morgan fingerprint density at radius 2 is 1.21 bits per heavy atom. The fourth-order valence-electron chi connectivity index (χ4n) is 6.01. The van der Waals surface area contributed by atoms with Gasteiger partial charge in [-0.25, -0.2) is 30.4 Å². The second-order valence-electron chi connectivity index (χ2n) is 12.5. The standard InChI is InChI=1S/C21H15N7O3.C18H13N5O3/c1-12-2-9-18-28(12)17-10-15(7-8-16(17)21(30)31-18)20(29)25-22-11-13-3-5-14(6-4-13)19-23-26-27-24-19;1-11-2-5-16-23(11)15-6-13(3-4-14(15)18(25)26-16)17(24)22-21-9-12-7-19-10-20-8-12/h2-11H,1H3,(H,25,29)(H,23,24,26,27);2-10H,1H3,(H,22,24)/b22-11+;21-9+. The van der Waals surface area contributed by atoms with Crippen LogP contribution in [0.3, 0.4) is 0 Å². The Bertz CT molecular complexity index is 3130. The van der Waals surface area contributed by atoms with E-state index in [0.717, 1.165) is 22.5 Å². The van der Waals surface area contributed by atoms with Gasteiger partial charge in [0.15, 0.2) is 0 Å². The van der Waals surface area contributed by atoms with Crippen LogP contribution in [0.5, 0.6) is 0 Å². The number of benzene rings is 3. The van der Waals surface area contributed by atoms with Crippen LogP contribution in [0.4, 0.5) is 0 Å². The van der Waals surface area contributed by atoms with Gasteiger partial charge in [0.05, 0.1) is 34.2 Å². The van der Waals surface area contributed by atoms with Gasteiger partial charge >= 0.3 is 11.3 Å². The zero-order chi connectivity index (χ0) is 39.5. The van der Waals surface area contributed by atoms with Crippen molar-refractivity contribution >= 4 is 57.5 Å². The van der Waals surface area contributed by atoms with Crippen LogP contribution >= 0.6 is 0 Å². The number of nitrogens with zero attached hydrogens (tertiary/aromatic N) is 9. The Kier molecular flexibility index (Phi) is 9.46. The predicted molar refractivity (Wildman–Crippen MR) is 208 cm³/mol. The van der Waals surface area contributed by atoms with Crippen LogP contribution in [0.1, 0.15) is 43.2 Å². The molecule has 0 spiro atoms. The minimum atomic E-state index is -0.449. The molecule has 6 heterocycles. The Morgan fingerprint density at radius 3 is 1.72 bits per heavy atom. The van der Waals surface area contributed by atoms with Crippen LogP contribution in [0.15, 0.2) is 132 Å². The van der Waals surface area contributed by atoms with Crippen molar-refractivity contribution < 1.29 is 18.4 Å². The average molecular weight is 761 g/mol. The van der Waals surface area contributed by atoms with Gasteiger partial charge in [0.2, 0.25) is 17.3 Å². The van der Waals surface area contributed by atoms with E-state index in [4.69, 9.17) is 8.83 Å². The first-order valence-corrected chi connectivity index (χ1v) is 17.1. The SMILES string of the molecule is Cc1ccc2oc(=O)c3ccc(C(=O)N/N=C/c4ccc(-c5nn[nH]n5)cc4)cc3n12.Cc1ccc2oc(=O)c3ccc(C(=O)N/N=C/c4cncnc4)cc3n12. The molecule has 0 bridgehead atoms. The maximum atomic E-state index is 12.6. The second-order valence-corrected chi connectivity index (χ2v) is 12.5. The summed E-state index contributed by atoms with van der Waals surface area (Å²) in [6, 6.07) is 24.0. The number of H-pyrrole nitrogens is 1. The number of fused-ring (bicyclic) bond motifs is 6. The number of aromatic nitrogens is 8. The number of hydrazone groups is 2. The Hall–Kier alpha value is -8.41. The van der Waals surface area contributed by atoms with E-state index in [1.165, 1.54) is 18.8 Å². The molecule has 18 heteroatoms. The summed E-state index contributed by atoms with van der Waals surface area (Å²) in [5.74, 6) is -0.298. The van der Waals surface area contributed by atoms with Gasteiger partial charge in [0.1, 0.15) is 6.33 Å². The molecule has 9 rings (SSSR count). The van der Waals surface area contributed by atoms with E-state index in [1.54, 1.807) is 69.7 Å². The van der Waals surface area contributed by atoms with Crippen LogP contribution in [-0.4, -0.2) is 63.6 Å². The largest absolute Gasteiger partial charge is 0.405 e. The number of hydrogen-bond donors (Lipinski definition) is 3. The van der Waals surface area contributed by atoms with Crippen LogP contribution in [0.2, 0.25) is 0 Å². The fourth-order valence-corrected chi connectivity index (χ4v) is 6.01. The number of rotatable bonds is 7. The first-order chi connectivity index (χ1) is 27.7. The number of carbonyl (C=O) groups is 2. The van der Waals surface area contributed by atoms with Gasteiger partial charge < -0.3 is 8.83 Å². The van der Waals surface area contributed by atoms with Crippen molar-refractivity contribution in [3.63, 3.8) is 0 Å². The first-order valence-electron chi connectivity index (χ1n) is 17.1. The molecule has 0 aliphatic carbocycles. The zero-order valence-electron chi connectivity index (χ0n) is 29.9. The molecule has 3 aromatic carbocycles. The Balaban J connectivity index is 0.000000162. The molecule has 57 heavy (non-hydrogen) atoms. The van der Waals surface area contributed by atoms with Gasteiger partial charge in [-0.05, 0) is 73.2 Å². The lowest BCUT2D eigenvalue weighted by atomic mass is 10.1. The molecule has 0 aliphatic heterocycles. The van der Waals surface area contributed by atoms with Gasteiger partial charge in [-0.15, -0.1) is 10.2 Å². The van der Waals surface area contributed by atoms with Gasteiger partial charge in [0, 0.05) is 58.2 Å². The highest BCUT2D eigenvalue weighted by Crippen LogP contribution is 2.20. The minimum Gasteiger partial charge on any atom is -0.405 e. The van der Waals surface area contributed by atoms with Crippen molar-refractivity contribution in [3.8, 4) is 11.4 Å². The molecular formula is C39H28N12O6. The number of nitrogens with one attached hydrogen (secondary N) is 3. The third-order valence-electron chi connectivity index (χ3n) is 8.77. The number of tetrazole rings is 1. The maximum Gasteiger partial charge on any atom is 0.346 e. The summed E-state index contributed by atoms with van der Waals surface area (Å²) in [5.41, 5.74) is 10.9. The molecule has 18 nitrogen and oxygen atoms in total. The summed E-state index contributed by atoms with van der Waals surface area (Å²) in [6.45, 7) is 3.79. The third-order valence-corrected chi connectivity index (χ3v) is 8.77. The molecule has 9 aromatic rings. The number of amides is 2. The van der Waals surface area contributed by atoms with E-state index in [2.05, 4.69) is 51.6 Å². The van der Waals surface area contributed by atoms with Gasteiger partial charge in [-0.1, -0.05) is 24.3 Å². The van der Waals surface area contributed by atoms with E-state index >= 15 is 0 Å². The highest BCUT2D eigenvalue weighted by Gasteiger charge is 2.14. The van der Waals surface area contributed by atoms with Crippen molar-refractivity contribution in [2.24, 2.45) is 10.2 Å². The summed E-state index contributed by atoms with van der Waals surface area (Å²) >= 11 is 0. The monoisotopic (exact) mass is 760 g/mol. The fraction of sp³-hybridized carbons (Fsp3) is 0.0513. The van der Waals surface area contributed by atoms with Crippen LogP contribution in [0, 0.1) is 13.8 Å². The number of hydrogen-bond acceptors (Lipinski definition) is 13. The van der Waals surface area contributed by atoms with E-state index < -0.39 is 23.1 Å². The van der Waals surface area contributed by atoms with Crippen molar-refractivity contribution in [2.75, 3.05) is 0 Å². The number of aromatic amines is 1. The molecule has 0 saturated carbocycles. The molecule has 0 fully saturated rings. The predicted octanol–water partition coefficient (Wildman–Crippen LogP) is 4.21. The number of carbonyl (C=O) groups excluding carboxylic acids is 2. The molecule has 3 N–H and O–H groups in total. The molecule has 0 atom stereocenters. The lowest BCUT2D eigenvalue weighted by Crippen LogP contribution is -2.18. The van der Waals surface area contributed by atoms with E-state index in [9.17, 15) is 19.2 Å². The molecule has 0 unspecified atom stereocenters. The molecule has 0 aliphatic rings. The molecule has 280 valence electrons. The first kappa shape index (κ1) is 35.6. The molecule has 2 amide bonds. The van der Waals surface area contributed by atoms with E-state index in [1.807, 2.05) is 50.2 Å². The van der Waals surface area contributed by atoms with Crippen LogP contribution in [0.25, 0.3) is 44.6 Å². The third kappa shape index (κ3) is 7.28. The van der Waals surface area contributed by atoms with Gasteiger partial charge in [-0.2, -0.15) is 15.4 Å². The second kappa shape index (κ2) is 15.1. The summed E-state index contributed by atoms with van der Waals surface area (Å²) in [4.78, 5) is 56.9. The lowest BCUT2D eigenvalue weighted by molar-refractivity contribution is 0.0947. The van der Waals surface area contributed by atoms with Crippen molar-refractivity contribution in [2.45, 2.75) is 13.8 Å². The van der Waals surface area contributed by atoms with Gasteiger partial charge in [0.25, 0.3) is 11.8 Å². The average Bonchev–Trinajstić information content (AvgIpc) is 3.99. The van der Waals surface area contributed by atoms with Gasteiger partial charge in [-0.3, -0.25) is 18.4 Å². The Morgan fingerprint density at radius 1 is 0.684 bits per heavy atom. The number of aryl methyl sites for hydroxylation is 2. The summed E-state index contributed by atoms with van der Waals surface area (Å²) in [5, 5.41) is 22.5. The Labute approximate surface area is 319 Å². The molecule has 6 aromatic heterocycles. The van der Waals surface area contributed by atoms with Crippen molar-refractivity contribution in [1.29, 1.82) is 0 Å². The quantitative estimate of drug-likeness (QED) is 0.154. The van der Waals surface area contributed by atoms with Crippen LogP contribution < -0.4 is 22.1 Å². The van der Waals surface area contributed by atoms with Crippen molar-refractivity contribution in [3.05, 3.63) is 158 Å². The van der Waals surface area contributed by atoms with Crippen LogP contribution in [-0.2, 0) is 0 Å². The molecule has 0 radical (unpaired) electrons. The minimum absolute atomic E-state index is 0.372. The van der Waals surface area contributed by atoms with E-state index in [0.29, 0.717) is 55.7 Å².